The Bertz CT molecular complexity index is 972. The van der Waals surface area contributed by atoms with E-state index in [-0.39, 0.29) is 24.5 Å². The number of anilines is 1. The zero-order valence-corrected chi connectivity index (χ0v) is 18.7. The first kappa shape index (κ1) is 21.9. The van der Waals surface area contributed by atoms with E-state index in [4.69, 9.17) is 9.47 Å². The number of nitrogens with zero attached hydrogens (tertiary/aromatic N) is 3. The van der Waals surface area contributed by atoms with Gasteiger partial charge in [0.1, 0.15) is 5.82 Å². The third-order valence-electron chi connectivity index (χ3n) is 5.96. The maximum absolute atomic E-state index is 13.0. The van der Waals surface area contributed by atoms with Crippen LogP contribution in [0.4, 0.5) is 5.82 Å². The smallest absolute Gasteiger partial charge is 0.255 e. The summed E-state index contributed by atoms with van der Waals surface area (Å²) in [6.45, 7) is 7.29. The van der Waals surface area contributed by atoms with Gasteiger partial charge in [0.25, 0.3) is 5.91 Å². The second-order valence-electron chi connectivity index (χ2n) is 8.25. The summed E-state index contributed by atoms with van der Waals surface area (Å²) < 4.78 is 10.7. The molecule has 2 aromatic rings. The minimum atomic E-state index is -0.180. The first-order valence-corrected chi connectivity index (χ1v) is 11.2. The number of carbonyl (C=O) groups excluding carboxylic acids is 2. The molecule has 4 rings (SSSR count). The molecule has 1 saturated heterocycles. The molecular formula is C24H30N4O4. The van der Waals surface area contributed by atoms with Gasteiger partial charge in [0.2, 0.25) is 12.7 Å². The van der Waals surface area contributed by atoms with Crippen LogP contribution in [0.15, 0.2) is 36.5 Å². The van der Waals surface area contributed by atoms with Crippen molar-refractivity contribution in [2.45, 2.75) is 33.2 Å². The van der Waals surface area contributed by atoms with Crippen LogP contribution >= 0.6 is 0 Å². The quantitative estimate of drug-likeness (QED) is 0.716. The van der Waals surface area contributed by atoms with Crippen molar-refractivity contribution in [1.29, 1.82) is 0 Å². The number of hydrogen-bond acceptors (Lipinski definition) is 6. The molecule has 8 nitrogen and oxygen atoms in total. The highest BCUT2D eigenvalue weighted by Gasteiger charge is 2.27. The number of amides is 2. The summed E-state index contributed by atoms with van der Waals surface area (Å²) in [5.74, 6) is 2.16. The van der Waals surface area contributed by atoms with E-state index in [1.54, 1.807) is 18.3 Å². The first-order chi connectivity index (χ1) is 15.6. The predicted octanol–water partition coefficient (Wildman–Crippen LogP) is 2.83. The molecule has 3 heterocycles. The van der Waals surface area contributed by atoms with Crippen LogP contribution in [-0.4, -0.2) is 54.7 Å². The summed E-state index contributed by atoms with van der Waals surface area (Å²) in [5, 5.41) is 2.98. The van der Waals surface area contributed by atoms with Crippen LogP contribution in [0.1, 0.15) is 42.6 Å². The van der Waals surface area contributed by atoms with Crippen LogP contribution in [0.5, 0.6) is 11.5 Å². The van der Waals surface area contributed by atoms with Gasteiger partial charge >= 0.3 is 0 Å². The zero-order chi connectivity index (χ0) is 22.5. The zero-order valence-electron chi connectivity index (χ0n) is 18.7. The summed E-state index contributed by atoms with van der Waals surface area (Å²) in [5.41, 5.74) is 1.47. The normalized spacial score (nSPS) is 16.1. The fraction of sp³-hybridized carbons (Fsp3) is 0.458. The summed E-state index contributed by atoms with van der Waals surface area (Å²) >= 11 is 0. The second kappa shape index (κ2) is 9.89. The average molecular weight is 439 g/mol. The number of benzene rings is 1. The Morgan fingerprint density at radius 3 is 2.69 bits per heavy atom. The maximum atomic E-state index is 13.0. The van der Waals surface area contributed by atoms with Gasteiger partial charge in [-0.25, -0.2) is 4.98 Å². The lowest BCUT2D eigenvalue weighted by Crippen LogP contribution is -2.50. The van der Waals surface area contributed by atoms with Gasteiger partial charge in [-0.15, -0.1) is 0 Å². The highest BCUT2D eigenvalue weighted by Crippen LogP contribution is 2.32. The number of piperazine rings is 1. The molecule has 32 heavy (non-hydrogen) atoms. The van der Waals surface area contributed by atoms with Crippen LogP contribution in [0.3, 0.4) is 0 Å². The number of ether oxygens (including phenoxy) is 2. The molecule has 2 aliphatic heterocycles. The lowest BCUT2D eigenvalue weighted by atomic mass is 10.0. The molecule has 1 atom stereocenters. The Morgan fingerprint density at radius 2 is 1.91 bits per heavy atom. The van der Waals surface area contributed by atoms with E-state index >= 15 is 0 Å². The molecule has 0 radical (unpaired) electrons. The Labute approximate surface area is 188 Å². The maximum Gasteiger partial charge on any atom is 0.255 e. The fourth-order valence-electron chi connectivity index (χ4n) is 4.16. The van der Waals surface area contributed by atoms with Gasteiger partial charge in [-0.1, -0.05) is 26.3 Å². The van der Waals surface area contributed by atoms with Gasteiger partial charge in [0.05, 0.1) is 5.56 Å². The van der Waals surface area contributed by atoms with Crippen molar-refractivity contribution in [3.63, 3.8) is 0 Å². The number of rotatable bonds is 7. The van der Waals surface area contributed by atoms with Crippen LogP contribution in [0.2, 0.25) is 0 Å². The van der Waals surface area contributed by atoms with E-state index in [9.17, 15) is 9.59 Å². The van der Waals surface area contributed by atoms with E-state index in [0.29, 0.717) is 49.9 Å². The molecule has 1 N–H and O–H groups in total. The molecule has 170 valence electrons. The number of carbonyl (C=O) groups is 2. The molecule has 1 fully saturated rings. The summed E-state index contributed by atoms with van der Waals surface area (Å²) in [7, 11) is 0. The van der Waals surface area contributed by atoms with Gasteiger partial charge in [-0.05, 0) is 36.2 Å². The molecule has 2 aliphatic rings. The van der Waals surface area contributed by atoms with Crippen molar-refractivity contribution in [1.82, 2.24) is 15.2 Å². The van der Waals surface area contributed by atoms with Gasteiger partial charge in [-0.3, -0.25) is 9.59 Å². The van der Waals surface area contributed by atoms with Crippen LogP contribution in [-0.2, 0) is 11.3 Å². The molecule has 2 amide bonds. The lowest BCUT2D eigenvalue weighted by Gasteiger charge is -2.37. The minimum Gasteiger partial charge on any atom is -0.454 e. The predicted molar refractivity (Wildman–Crippen MR) is 121 cm³/mol. The molecule has 1 aromatic heterocycles. The number of pyridine rings is 1. The van der Waals surface area contributed by atoms with Gasteiger partial charge < -0.3 is 24.6 Å². The molecule has 1 unspecified atom stereocenters. The SMILES string of the molecule is CCCC(C)C(=O)N1CCN(c2ncccc2C(=O)NCc2ccc3c(c2)OCO3)CC1. The fourth-order valence-corrected chi connectivity index (χ4v) is 4.16. The Morgan fingerprint density at radius 1 is 1.12 bits per heavy atom. The third-order valence-corrected chi connectivity index (χ3v) is 5.96. The number of nitrogens with one attached hydrogen (secondary N) is 1. The first-order valence-electron chi connectivity index (χ1n) is 11.2. The van der Waals surface area contributed by atoms with Gasteiger partial charge in [0.15, 0.2) is 11.5 Å². The minimum absolute atomic E-state index is 0.0546. The van der Waals surface area contributed by atoms with E-state index in [1.807, 2.05) is 30.0 Å². The van der Waals surface area contributed by atoms with Crippen LogP contribution in [0.25, 0.3) is 0 Å². The molecule has 0 spiro atoms. The van der Waals surface area contributed by atoms with Crippen molar-refractivity contribution in [3.05, 3.63) is 47.7 Å². The molecule has 8 heteroatoms. The Balaban J connectivity index is 1.37. The molecule has 0 aliphatic carbocycles. The highest BCUT2D eigenvalue weighted by atomic mass is 16.7. The van der Waals surface area contributed by atoms with Crippen molar-refractivity contribution < 1.29 is 19.1 Å². The largest absolute Gasteiger partial charge is 0.454 e. The number of aromatic nitrogens is 1. The van der Waals surface area contributed by atoms with E-state index in [0.717, 1.165) is 24.2 Å². The van der Waals surface area contributed by atoms with Crippen molar-refractivity contribution in [2.75, 3.05) is 37.9 Å². The van der Waals surface area contributed by atoms with Crippen LogP contribution in [0, 0.1) is 5.92 Å². The van der Waals surface area contributed by atoms with Crippen molar-refractivity contribution in [3.8, 4) is 11.5 Å². The van der Waals surface area contributed by atoms with E-state index < -0.39 is 0 Å². The van der Waals surface area contributed by atoms with Gasteiger partial charge in [-0.2, -0.15) is 0 Å². The number of fused-ring (bicyclic) bond motifs is 1. The summed E-state index contributed by atoms with van der Waals surface area (Å²) in [6, 6.07) is 9.20. The topological polar surface area (TPSA) is 84.0 Å². The van der Waals surface area contributed by atoms with E-state index in [1.165, 1.54) is 0 Å². The molecular weight excluding hydrogens is 408 g/mol. The molecule has 0 saturated carbocycles. The standard InChI is InChI=1S/C24H30N4O4/c1-3-5-17(2)24(30)28-12-10-27(11-13-28)22-19(6-4-9-25-22)23(29)26-15-18-7-8-20-21(14-18)32-16-31-20/h4,6-9,14,17H,3,5,10-13,15-16H2,1-2H3,(H,26,29). The Kier molecular flexibility index (Phi) is 6.78. The summed E-state index contributed by atoms with van der Waals surface area (Å²) in [4.78, 5) is 34.1. The Hall–Kier alpha value is -3.29. The lowest BCUT2D eigenvalue weighted by molar-refractivity contribution is -0.135. The van der Waals surface area contributed by atoms with E-state index in [2.05, 4.69) is 22.1 Å². The number of hydrogen-bond donors (Lipinski definition) is 1. The molecule has 0 bridgehead atoms. The van der Waals surface area contributed by atoms with Crippen molar-refractivity contribution >= 4 is 17.6 Å². The van der Waals surface area contributed by atoms with Crippen LogP contribution < -0.4 is 19.7 Å². The molecule has 1 aromatic carbocycles. The highest BCUT2D eigenvalue weighted by molar-refractivity contribution is 5.98. The monoisotopic (exact) mass is 438 g/mol. The average Bonchev–Trinajstić information content (AvgIpc) is 3.30. The van der Waals surface area contributed by atoms with Gasteiger partial charge in [0, 0.05) is 44.8 Å². The third kappa shape index (κ3) is 4.79. The second-order valence-corrected chi connectivity index (χ2v) is 8.25. The summed E-state index contributed by atoms with van der Waals surface area (Å²) in [6.07, 6.45) is 3.61. The van der Waals surface area contributed by atoms with Crippen molar-refractivity contribution in [2.24, 2.45) is 5.92 Å².